The van der Waals surface area contributed by atoms with Crippen LogP contribution in [0, 0.1) is 6.92 Å². The maximum absolute atomic E-state index is 12.9. The largest absolute Gasteiger partial charge is 0.414 e. The van der Waals surface area contributed by atoms with Crippen molar-refractivity contribution in [3.63, 3.8) is 0 Å². The van der Waals surface area contributed by atoms with E-state index in [1.54, 1.807) is 13.1 Å². The Balaban J connectivity index is 1.89. The summed E-state index contributed by atoms with van der Waals surface area (Å²) in [6, 6.07) is 0. The van der Waals surface area contributed by atoms with Crippen LogP contribution in [-0.4, -0.2) is 56.4 Å². The highest BCUT2D eigenvalue weighted by Crippen LogP contribution is 2.38. The molecule has 0 bridgehead atoms. The van der Waals surface area contributed by atoms with Gasteiger partial charge in [-0.3, -0.25) is 14.3 Å². The predicted octanol–water partition coefficient (Wildman–Crippen LogP) is 13.8. The number of hydrogen-bond acceptors (Lipinski definition) is 7. The number of ether oxygens (including phenoxy) is 4. The van der Waals surface area contributed by atoms with Crippen molar-refractivity contribution < 1.29 is 23.4 Å². The van der Waals surface area contributed by atoms with E-state index < -0.39 is 38.9 Å². The van der Waals surface area contributed by atoms with E-state index in [2.05, 4.69) is 52.7 Å². The zero-order valence-electron chi connectivity index (χ0n) is 39.8. The van der Waals surface area contributed by atoms with E-state index in [-0.39, 0.29) is 10.6 Å². The minimum absolute atomic E-state index is 0.0319. The van der Waals surface area contributed by atoms with Crippen molar-refractivity contribution in [1.29, 1.82) is 0 Å². The van der Waals surface area contributed by atoms with E-state index in [9.17, 15) is 9.59 Å². The highest BCUT2D eigenvalue weighted by Gasteiger charge is 2.43. The van der Waals surface area contributed by atoms with E-state index in [1.807, 2.05) is 0 Å². The summed E-state index contributed by atoms with van der Waals surface area (Å²) in [5.41, 5.74) is -0.420. The molecular formula is C49H94N2O7Si. The van der Waals surface area contributed by atoms with E-state index in [4.69, 9.17) is 23.4 Å². The van der Waals surface area contributed by atoms with Gasteiger partial charge in [-0.15, -0.1) is 0 Å². The van der Waals surface area contributed by atoms with Crippen molar-refractivity contribution in [3.05, 3.63) is 32.6 Å². The van der Waals surface area contributed by atoms with Crippen LogP contribution in [0.3, 0.4) is 0 Å². The van der Waals surface area contributed by atoms with Crippen LogP contribution in [0.2, 0.25) is 18.1 Å². The van der Waals surface area contributed by atoms with Gasteiger partial charge in [-0.05, 0) is 37.9 Å². The summed E-state index contributed by atoms with van der Waals surface area (Å²) in [6.07, 6.45) is 37.3. The van der Waals surface area contributed by atoms with Crippen LogP contribution in [0.5, 0.6) is 0 Å². The summed E-state index contributed by atoms with van der Waals surface area (Å²) < 4.78 is 33.9. The molecule has 1 aromatic rings. The Morgan fingerprint density at radius 3 is 1.46 bits per heavy atom. The molecule has 0 spiro atoms. The second-order valence-electron chi connectivity index (χ2n) is 19.3. The van der Waals surface area contributed by atoms with Crippen molar-refractivity contribution in [3.8, 4) is 0 Å². The van der Waals surface area contributed by atoms with Gasteiger partial charge in [0.1, 0.15) is 12.3 Å². The number of aryl methyl sites for hydroxylation is 1. The second kappa shape index (κ2) is 32.4. The zero-order valence-corrected chi connectivity index (χ0v) is 40.8. The molecule has 1 aromatic heterocycles. The van der Waals surface area contributed by atoms with E-state index >= 15 is 0 Å². The third-order valence-corrected chi connectivity index (χ3v) is 17.3. The van der Waals surface area contributed by atoms with Gasteiger partial charge in [-0.2, -0.15) is 0 Å². The minimum Gasteiger partial charge on any atom is -0.414 e. The van der Waals surface area contributed by atoms with Crippen molar-refractivity contribution in [2.75, 3.05) is 19.8 Å². The van der Waals surface area contributed by atoms with Crippen LogP contribution in [-0.2, 0) is 23.4 Å². The fraction of sp³-hybridized carbons (Fsp3) is 0.918. The molecule has 0 unspecified atom stereocenters. The second-order valence-corrected chi connectivity index (χ2v) is 24.1. The average molecular weight is 851 g/mol. The molecule has 0 amide bonds. The lowest BCUT2D eigenvalue weighted by Crippen LogP contribution is -2.44. The Hall–Kier alpha value is -1.30. The smallest absolute Gasteiger partial charge is 0.330 e. The van der Waals surface area contributed by atoms with Gasteiger partial charge >= 0.3 is 5.69 Å². The van der Waals surface area contributed by atoms with Crippen molar-refractivity contribution in [1.82, 2.24) is 9.55 Å². The molecule has 346 valence electrons. The Kier molecular flexibility index (Phi) is 29.5. The van der Waals surface area contributed by atoms with Crippen LogP contribution in [0.1, 0.15) is 233 Å². The lowest BCUT2D eigenvalue weighted by Gasteiger charge is -2.37. The molecule has 0 saturated carbocycles. The molecule has 1 N–H and O–H groups in total. The molecule has 3 atom stereocenters. The number of H-pyrrole nitrogens is 1. The van der Waals surface area contributed by atoms with Gasteiger partial charge in [0, 0.05) is 18.2 Å². The first kappa shape index (κ1) is 53.8. The highest BCUT2D eigenvalue weighted by molar-refractivity contribution is 6.74. The van der Waals surface area contributed by atoms with Gasteiger partial charge in [0.15, 0.2) is 8.32 Å². The Labute approximate surface area is 363 Å². The number of hydrogen-bond donors (Lipinski definition) is 1. The first-order chi connectivity index (χ1) is 28.4. The van der Waals surface area contributed by atoms with Crippen LogP contribution in [0.4, 0.5) is 0 Å². The van der Waals surface area contributed by atoms with E-state index in [1.165, 1.54) is 159 Å². The SMILES string of the molecule is CCCCCCCCCCCCCCCCOC(OCCCCCCCCCCCCCCCC)O[C@H]1C[C@H](n2cc(C)c(=O)[nH]c2=O)O[C@@H]1CO[Si](C)(C)C(C)(C)C. The molecule has 1 saturated heterocycles. The first-order valence-corrected chi connectivity index (χ1v) is 27.8. The van der Waals surface area contributed by atoms with Crippen molar-refractivity contribution in [2.45, 2.75) is 271 Å². The molecule has 9 nitrogen and oxygen atoms in total. The fourth-order valence-electron chi connectivity index (χ4n) is 7.69. The van der Waals surface area contributed by atoms with Gasteiger partial charge in [0.05, 0.1) is 25.9 Å². The Bertz CT molecular complexity index is 1240. The minimum atomic E-state index is -2.09. The summed E-state index contributed by atoms with van der Waals surface area (Å²) >= 11 is 0. The molecule has 1 aliphatic rings. The molecular weight excluding hydrogens is 757 g/mol. The monoisotopic (exact) mass is 851 g/mol. The average Bonchev–Trinajstić information content (AvgIpc) is 3.59. The zero-order chi connectivity index (χ0) is 43.2. The summed E-state index contributed by atoms with van der Waals surface area (Å²) in [7, 11) is -2.09. The summed E-state index contributed by atoms with van der Waals surface area (Å²) in [6.45, 7) is 18.1. The van der Waals surface area contributed by atoms with Crippen LogP contribution in [0.15, 0.2) is 15.8 Å². The fourth-order valence-corrected chi connectivity index (χ4v) is 8.71. The molecule has 1 aliphatic heterocycles. The van der Waals surface area contributed by atoms with Gasteiger partial charge in [-0.25, -0.2) is 4.79 Å². The normalized spacial score (nSPS) is 17.5. The number of nitrogens with one attached hydrogen (secondary N) is 1. The Morgan fingerprint density at radius 1 is 0.678 bits per heavy atom. The van der Waals surface area contributed by atoms with E-state index in [0.717, 1.165) is 25.7 Å². The molecule has 0 aromatic carbocycles. The summed E-state index contributed by atoms with van der Waals surface area (Å²) in [5.74, 6) is 0. The third-order valence-electron chi connectivity index (χ3n) is 12.8. The number of unbranched alkanes of at least 4 members (excludes halogenated alkanes) is 26. The standard InChI is InChI=1S/C49H94N2O7Si/c1-9-11-13-15-17-19-21-23-25-27-29-31-33-35-37-54-48(55-38-36-34-32-30-28-26-24-22-20-18-16-14-12-10-2)58-43-39-45(51-40-42(3)46(52)50-47(51)53)57-44(43)41-56-59(7,8)49(4,5)6/h40,43-45,48H,9-39,41H2,1-8H3,(H,50,52,53)/t43-,44+,45+/m0/s1. The maximum Gasteiger partial charge on any atom is 0.330 e. The lowest BCUT2D eigenvalue weighted by atomic mass is 10.0. The van der Waals surface area contributed by atoms with Crippen molar-refractivity contribution >= 4 is 8.32 Å². The van der Waals surface area contributed by atoms with Gasteiger partial charge in [0.25, 0.3) is 12.0 Å². The molecule has 1 fully saturated rings. The first-order valence-electron chi connectivity index (χ1n) is 24.9. The predicted molar refractivity (Wildman–Crippen MR) is 249 cm³/mol. The molecule has 0 aliphatic carbocycles. The highest BCUT2D eigenvalue weighted by atomic mass is 28.4. The van der Waals surface area contributed by atoms with Gasteiger partial charge in [0.2, 0.25) is 0 Å². The molecule has 2 rings (SSSR count). The molecule has 59 heavy (non-hydrogen) atoms. The molecule has 10 heteroatoms. The quantitative estimate of drug-likeness (QED) is 0.0402. The van der Waals surface area contributed by atoms with Crippen LogP contribution >= 0.6 is 0 Å². The number of nitrogens with zero attached hydrogens (tertiary/aromatic N) is 1. The van der Waals surface area contributed by atoms with E-state index in [0.29, 0.717) is 31.8 Å². The van der Waals surface area contributed by atoms with Crippen molar-refractivity contribution in [2.24, 2.45) is 0 Å². The lowest BCUT2D eigenvalue weighted by molar-refractivity contribution is -0.309. The topological polar surface area (TPSA) is 101 Å². The van der Waals surface area contributed by atoms with Crippen LogP contribution in [0.25, 0.3) is 0 Å². The Morgan fingerprint density at radius 2 is 1.07 bits per heavy atom. The maximum atomic E-state index is 12.9. The number of aromatic amines is 1. The van der Waals surface area contributed by atoms with Crippen LogP contribution < -0.4 is 11.2 Å². The number of rotatable bonds is 38. The summed E-state index contributed by atoms with van der Waals surface area (Å²) in [4.78, 5) is 27.5. The summed E-state index contributed by atoms with van der Waals surface area (Å²) in [5, 5.41) is 0.0319. The molecule has 0 radical (unpaired) electrons. The third kappa shape index (κ3) is 24.2. The molecule has 2 heterocycles. The van der Waals surface area contributed by atoms with Gasteiger partial charge in [-0.1, -0.05) is 202 Å². The number of aromatic nitrogens is 2. The van der Waals surface area contributed by atoms with Gasteiger partial charge < -0.3 is 23.4 Å².